The highest BCUT2D eigenvalue weighted by atomic mass is 28.3. The van der Waals surface area contributed by atoms with Gasteiger partial charge in [0.15, 0.2) is 11.6 Å². The lowest BCUT2D eigenvalue weighted by Gasteiger charge is -2.32. The van der Waals surface area contributed by atoms with Gasteiger partial charge in [-0.2, -0.15) is 0 Å². The summed E-state index contributed by atoms with van der Waals surface area (Å²) in [6.45, 7) is 14.2. The molecule has 0 saturated carbocycles. The number of anilines is 1. The van der Waals surface area contributed by atoms with E-state index in [1.807, 2.05) is 34.7 Å². The lowest BCUT2D eigenvalue weighted by Crippen LogP contribution is -2.37. The number of rotatable bonds is 10. The van der Waals surface area contributed by atoms with Crippen LogP contribution < -0.4 is 10.4 Å². The number of nitrogens with one attached hydrogen (secondary N) is 1. The third-order valence-electron chi connectivity index (χ3n) is 3.32. The second-order valence-electron chi connectivity index (χ2n) is 6.53. The molecule has 0 saturated heterocycles. The maximum Gasteiger partial charge on any atom is 0.194 e. The minimum Gasteiger partial charge on any atom is -0.360 e. The van der Waals surface area contributed by atoms with Gasteiger partial charge in [0, 0.05) is 41.2 Å². The van der Waals surface area contributed by atoms with Crippen molar-refractivity contribution in [1.29, 1.82) is 0 Å². The Labute approximate surface area is 135 Å². The molecule has 126 valence electrons. The van der Waals surface area contributed by atoms with Crippen molar-refractivity contribution in [3.05, 3.63) is 12.8 Å². The van der Waals surface area contributed by atoms with E-state index in [2.05, 4.69) is 43.6 Å². The van der Waals surface area contributed by atoms with Gasteiger partial charge in [0.1, 0.15) is 6.73 Å². The van der Waals surface area contributed by atoms with E-state index in [-0.39, 0.29) is 0 Å². The molecule has 0 aliphatic carbocycles. The van der Waals surface area contributed by atoms with Crippen molar-refractivity contribution >= 4 is 25.9 Å². The highest BCUT2D eigenvalue weighted by Gasteiger charge is 2.21. The lowest BCUT2D eigenvalue weighted by atomic mass is 10.5. The van der Waals surface area contributed by atoms with Crippen molar-refractivity contribution in [3.63, 3.8) is 0 Å². The van der Waals surface area contributed by atoms with Crippen LogP contribution in [0.25, 0.3) is 0 Å². The van der Waals surface area contributed by atoms with Crippen molar-refractivity contribution in [1.82, 2.24) is 14.8 Å². The van der Waals surface area contributed by atoms with Crippen molar-refractivity contribution < 1.29 is 4.74 Å². The van der Waals surface area contributed by atoms with Crippen LogP contribution in [0.1, 0.15) is 13.3 Å². The first kappa shape index (κ1) is 18.6. The quantitative estimate of drug-likeness (QED) is 0.311. The predicted molar refractivity (Wildman–Crippen MR) is 97.7 cm³/mol. The molecule has 0 bridgehead atoms. The first-order valence-corrected chi connectivity index (χ1v) is 11.5. The van der Waals surface area contributed by atoms with Crippen LogP contribution in [0.4, 0.5) is 11.6 Å². The maximum atomic E-state index is 5.83. The topological polar surface area (TPSA) is 46.7 Å². The van der Waals surface area contributed by atoms with Crippen LogP contribution in [-0.4, -0.2) is 37.3 Å². The lowest BCUT2D eigenvalue weighted by molar-refractivity contribution is 0.0670. The van der Waals surface area contributed by atoms with Crippen LogP contribution >= 0.6 is 0 Å². The molecule has 1 N–H and O–H groups in total. The van der Waals surface area contributed by atoms with E-state index in [4.69, 9.17) is 4.74 Å². The molecule has 0 aromatic carbocycles. The summed E-state index contributed by atoms with van der Waals surface area (Å²) in [7, 11) is 2.90. The molecule has 1 heterocycles. The molecule has 0 aliphatic rings. The fraction of sp³-hybridized carbons (Fsp3) is 0.667. The van der Waals surface area contributed by atoms with E-state index in [0.29, 0.717) is 6.73 Å². The molecule has 0 amide bonds. The van der Waals surface area contributed by atoms with Crippen molar-refractivity contribution in [2.45, 2.75) is 45.8 Å². The molecule has 0 atom stereocenters. The van der Waals surface area contributed by atoms with Crippen LogP contribution in [-0.2, 0) is 18.5 Å². The third-order valence-corrected chi connectivity index (χ3v) is 5.03. The largest absolute Gasteiger partial charge is 0.360 e. The zero-order chi connectivity index (χ0) is 16.8. The molecule has 0 spiro atoms. The monoisotopic (exact) mass is 325 g/mol. The Bertz CT molecular complexity index is 498. The zero-order valence-electron chi connectivity index (χ0n) is 14.9. The second-order valence-corrected chi connectivity index (χ2v) is 12.2. The molecule has 0 unspecified atom stereocenters. The Morgan fingerprint density at radius 2 is 2.09 bits per heavy atom. The zero-order valence-corrected chi connectivity index (χ0v) is 15.9. The molecule has 1 aromatic heterocycles. The van der Waals surface area contributed by atoms with Crippen molar-refractivity contribution in [2.75, 3.05) is 18.7 Å². The number of hydrogen-bond donors (Lipinski definition) is 1. The van der Waals surface area contributed by atoms with Crippen molar-refractivity contribution in [3.8, 4) is 0 Å². The van der Waals surface area contributed by atoms with Gasteiger partial charge in [0.05, 0.1) is 0 Å². The molecule has 0 aliphatic heterocycles. The summed E-state index contributed by atoms with van der Waals surface area (Å²) in [5.41, 5.74) is 3.05. The molecule has 0 fully saturated rings. The van der Waals surface area contributed by atoms with Crippen LogP contribution in [0, 0.1) is 0 Å². The van der Waals surface area contributed by atoms with Crippen LogP contribution in [0.5, 0.6) is 0 Å². The summed E-state index contributed by atoms with van der Waals surface area (Å²) in [6, 6.07) is 1.17. The number of hydrazine groups is 1. The molecule has 0 radical (unpaired) electrons. The van der Waals surface area contributed by atoms with E-state index in [9.17, 15) is 0 Å². The van der Waals surface area contributed by atoms with E-state index in [0.717, 1.165) is 24.7 Å². The molecular formula is C15H31N5OSi. The average Bonchev–Trinajstić information content (AvgIpc) is 2.41. The Kier molecular flexibility index (Phi) is 6.95. The number of nitrogens with zero attached hydrogens (tertiary/aromatic N) is 4. The molecule has 7 heteroatoms. The maximum absolute atomic E-state index is 5.83. The highest BCUT2D eigenvalue weighted by molar-refractivity contribution is 6.76. The summed E-state index contributed by atoms with van der Waals surface area (Å²) in [5, 5.41) is 1.90. The molecule has 1 aromatic rings. The van der Waals surface area contributed by atoms with Gasteiger partial charge in [0.25, 0.3) is 0 Å². The summed E-state index contributed by atoms with van der Waals surface area (Å²) in [5.74, 6) is 1.91. The van der Waals surface area contributed by atoms with Gasteiger partial charge in [0.2, 0.25) is 0 Å². The van der Waals surface area contributed by atoms with E-state index < -0.39 is 8.07 Å². The molecule has 6 nitrogen and oxygen atoms in total. The first-order valence-electron chi connectivity index (χ1n) is 7.78. The third kappa shape index (κ3) is 5.06. The SMILES string of the molecule is C=CNN(C)c1c(N=CCC)n(COCC[Si](C)(C)C)n1C. The van der Waals surface area contributed by atoms with Gasteiger partial charge in [-0.25, -0.2) is 9.67 Å². The normalized spacial score (nSPS) is 12.1. The first-order chi connectivity index (χ1) is 10.3. The van der Waals surface area contributed by atoms with E-state index in [1.54, 1.807) is 6.20 Å². The Balaban J connectivity index is 2.75. The van der Waals surface area contributed by atoms with Crippen LogP contribution in [0.15, 0.2) is 17.8 Å². The fourth-order valence-electron chi connectivity index (χ4n) is 2.02. The second kappa shape index (κ2) is 8.24. The van der Waals surface area contributed by atoms with Gasteiger partial charge < -0.3 is 10.2 Å². The standard InChI is InChI=1S/C15H31N5OSi/c1-8-10-16-14-15(18(3)17-9-2)19(4)20(14)13-21-11-12-22(5,6)7/h9-10,17H,2,8,11-13H2,1,3-7H3. The van der Waals surface area contributed by atoms with Crippen LogP contribution in [0.2, 0.25) is 25.7 Å². The number of aliphatic imine (C=N–C) groups is 1. The van der Waals surface area contributed by atoms with Gasteiger partial charge in [-0.3, -0.25) is 9.69 Å². The molecule has 22 heavy (non-hydrogen) atoms. The number of aromatic nitrogens is 2. The Morgan fingerprint density at radius 1 is 1.41 bits per heavy atom. The molecule has 1 rings (SSSR count). The minimum absolute atomic E-state index is 0.531. The fourth-order valence-corrected chi connectivity index (χ4v) is 2.77. The Morgan fingerprint density at radius 3 is 2.64 bits per heavy atom. The molecular weight excluding hydrogens is 294 g/mol. The smallest absolute Gasteiger partial charge is 0.194 e. The number of ether oxygens (including phenoxy) is 1. The summed E-state index contributed by atoms with van der Waals surface area (Å²) < 4.78 is 9.90. The van der Waals surface area contributed by atoms with Gasteiger partial charge in [-0.1, -0.05) is 33.1 Å². The van der Waals surface area contributed by atoms with Gasteiger partial charge in [-0.15, -0.1) is 0 Å². The summed E-state index contributed by atoms with van der Waals surface area (Å²) in [6.07, 6.45) is 4.47. The summed E-state index contributed by atoms with van der Waals surface area (Å²) >= 11 is 0. The van der Waals surface area contributed by atoms with Gasteiger partial charge >= 0.3 is 0 Å². The average molecular weight is 326 g/mol. The number of hydrogen-bond acceptors (Lipinski definition) is 4. The summed E-state index contributed by atoms with van der Waals surface area (Å²) in [4.78, 5) is 4.54. The Hall–Kier alpha value is -1.47. The highest BCUT2D eigenvalue weighted by Crippen LogP contribution is 2.31. The minimum atomic E-state index is -1.05. The van der Waals surface area contributed by atoms with Gasteiger partial charge in [-0.05, 0) is 12.5 Å². The van der Waals surface area contributed by atoms with E-state index >= 15 is 0 Å². The predicted octanol–water partition coefficient (Wildman–Crippen LogP) is 3.34. The van der Waals surface area contributed by atoms with Crippen LogP contribution in [0.3, 0.4) is 0 Å². The van der Waals surface area contributed by atoms with E-state index in [1.165, 1.54) is 6.04 Å². The van der Waals surface area contributed by atoms with Crippen molar-refractivity contribution in [2.24, 2.45) is 12.0 Å².